The van der Waals surface area contributed by atoms with Crippen LogP contribution < -0.4 is 5.32 Å². The van der Waals surface area contributed by atoms with Gasteiger partial charge in [0.15, 0.2) is 0 Å². The lowest BCUT2D eigenvalue weighted by Crippen LogP contribution is -2.36. The molecule has 16 heavy (non-hydrogen) atoms. The number of benzene rings is 1. The molecule has 2 atom stereocenters. The third-order valence-corrected chi connectivity index (χ3v) is 4.65. The van der Waals surface area contributed by atoms with Crippen molar-refractivity contribution in [3.8, 4) is 0 Å². The molecule has 0 bridgehead atoms. The van der Waals surface area contributed by atoms with Crippen molar-refractivity contribution in [2.24, 2.45) is 5.92 Å². The van der Waals surface area contributed by atoms with Crippen molar-refractivity contribution >= 4 is 0 Å². The van der Waals surface area contributed by atoms with Crippen LogP contribution in [0.5, 0.6) is 0 Å². The summed E-state index contributed by atoms with van der Waals surface area (Å²) in [5.41, 5.74) is 5.04. The van der Waals surface area contributed by atoms with Gasteiger partial charge in [-0.05, 0) is 60.6 Å². The van der Waals surface area contributed by atoms with Crippen LogP contribution in [0.15, 0.2) is 18.2 Å². The van der Waals surface area contributed by atoms with E-state index in [0.717, 1.165) is 11.8 Å². The zero-order chi connectivity index (χ0) is 10.5. The first kappa shape index (κ1) is 9.23. The number of nitrogens with one attached hydrogen (secondary N) is 1. The van der Waals surface area contributed by atoms with Crippen molar-refractivity contribution in [1.29, 1.82) is 0 Å². The van der Waals surface area contributed by atoms with Crippen molar-refractivity contribution < 1.29 is 0 Å². The van der Waals surface area contributed by atoms with E-state index in [9.17, 15) is 0 Å². The molecule has 84 valence electrons. The fraction of sp³-hybridized carbons (Fsp3) is 0.600. The first-order valence-electron chi connectivity index (χ1n) is 6.78. The molecule has 1 aromatic carbocycles. The van der Waals surface area contributed by atoms with E-state index in [2.05, 4.69) is 23.5 Å². The van der Waals surface area contributed by atoms with Gasteiger partial charge in [-0.25, -0.2) is 0 Å². The molecule has 1 aliphatic heterocycles. The number of aryl methyl sites for hydroxylation is 1. The SMILES string of the molecule is c1cc2c3c(c1)C(C1CC1)NCC3CCC2. The zero-order valence-corrected chi connectivity index (χ0v) is 9.71. The second kappa shape index (κ2) is 3.33. The fourth-order valence-corrected chi connectivity index (χ4v) is 3.74. The van der Waals surface area contributed by atoms with Crippen molar-refractivity contribution in [3.63, 3.8) is 0 Å². The van der Waals surface area contributed by atoms with Crippen LogP contribution in [0.2, 0.25) is 0 Å². The van der Waals surface area contributed by atoms with Crippen molar-refractivity contribution in [1.82, 2.24) is 5.32 Å². The van der Waals surface area contributed by atoms with Crippen molar-refractivity contribution in [2.45, 2.75) is 44.1 Å². The molecule has 1 N–H and O–H groups in total. The second-order valence-electron chi connectivity index (χ2n) is 5.73. The summed E-state index contributed by atoms with van der Waals surface area (Å²) in [6.07, 6.45) is 6.97. The lowest BCUT2D eigenvalue weighted by molar-refractivity contribution is 0.391. The van der Waals surface area contributed by atoms with E-state index in [1.807, 2.05) is 0 Å². The minimum absolute atomic E-state index is 0.685. The summed E-state index contributed by atoms with van der Waals surface area (Å²) in [4.78, 5) is 0. The van der Waals surface area contributed by atoms with E-state index in [0.29, 0.717) is 6.04 Å². The summed E-state index contributed by atoms with van der Waals surface area (Å²) < 4.78 is 0. The summed E-state index contributed by atoms with van der Waals surface area (Å²) in [6, 6.07) is 7.70. The number of rotatable bonds is 1. The maximum absolute atomic E-state index is 3.80. The van der Waals surface area contributed by atoms with Gasteiger partial charge in [-0.2, -0.15) is 0 Å². The van der Waals surface area contributed by atoms with E-state index in [1.165, 1.54) is 38.6 Å². The van der Waals surface area contributed by atoms with Crippen LogP contribution in [0.1, 0.15) is 54.3 Å². The van der Waals surface area contributed by atoms with E-state index in [-0.39, 0.29) is 0 Å². The third-order valence-electron chi connectivity index (χ3n) is 4.65. The van der Waals surface area contributed by atoms with Gasteiger partial charge in [0.1, 0.15) is 0 Å². The van der Waals surface area contributed by atoms with Crippen LogP contribution in [0.25, 0.3) is 0 Å². The van der Waals surface area contributed by atoms with E-state index >= 15 is 0 Å². The number of hydrogen-bond donors (Lipinski definition) is 1. The van der Waals surface area contributed by atoms with Gasteiger partial charge in [0, 0.05) is 12.6 Å². The molecule has 3 aliphatic rings. The lowest BCUT2D eigenvalue weighted by atomic mass is 9.75. The van der Waals surface area contributed by atoms with Crippen LogP contribution in [0, 0.1) is 5.92 Å². The first-order chi connectivity index (χ1) is 7.93. The molecule has 2 unspecified atom stereocenters. The molecule has 0 saturated heterocycles. The Morgan fingerprint density at radius 2 is 2.06 bits per heavy atom. The molecule has 1 fully saturated rings. The molecule has 4 rings (SSSR count). The Labute approximate surface area is 97.2 Å². The van der Waals surface area contributed by atoms with Crippen LogP contribution in [0.3, 0.4) is 0 Å². The standard InChI is InChI=1S/C15H19N/c1-3-10-4-2-6-13-14(10)12(5-1)9-16-15(13)11-7-8-11/h2,4,6,11-12,15-16H,1,3,5,7-9H2. The summed E-state index contributed by atoms with van der Waals surface area (Å²) in [5.74, 6) is 1.75. The molecule has 1 aromatic rings. The van der Waals surface area contributed by atoms with Gasteiger partial charge in [0.25, 0.3) is 0 Å². The van der Waals surface area contributed by atoms with Crippen LogP contribution in [-0.2, 0) is 6.42 Å². The molecule has 1 heterocycles. The van der Waals surface area contributed by atoms with Gasteiger partial charge in [-0.15, -0.1) is 0 Å². The fourth-order valence-electron chi connectivity index (χ4n) is 3.74. The molecular formula is C15H19N. The largest absolute Gasteiger partial charge is 0.309 e. The molecule has 0 radical (unpaired) electrons. The first-order valence-corrected chi connectivity index (χ1v) is 6.78. The second-order valence-corrected chi connectivity index (χ2v) is 5.73. The molecule has 0 aromatic heterocycles. The van der Waals surface area contributed by atoms with Gasteiger partial charge in [0.05, 0.1) is 0 Å². The normalized spacial score (nSPS) is 32.2. The quantitative estimate of drug-likeness (QED) is 0.755. The highest BCUT2D eigenvalue weighted by Gasteiger charge is 2.38. The Balaban J connectivity index is 1.85. The summed E-state index contributed by atoms with van der Waals surface area (Å²) in [7, 11) is 0. The Bertz CT molecular complexity index is 419. The summed E-state index contributed by atoms with van der Waals surface area (Å²) in [5, 5.41) is 3.80. The summed E-state index contributed by atoms with van der Waals surface area (Å²) in [6.45, 7) is 1.23. The van der Waals surface area contributed by atoms with Crippen molar-refractivity contribution in [2.75, 3.05) is 6.54 Å². The van der Waals surface area contributed by atoms with Gasteiger partial charge in [-0.1, -0.05) is 18.2 Å². The zero-order valence-electron chi connectivity index (χ0n) is 9.71. The average Bonchev–Trinajstić information content (AvgIpc) is 3.14. The van der Waals surface area contributed by atoms with E-state index in [4.69, 9.17) is 0 Å². The van der Waals surface area contributed by atoms with Crippen molar-refractivity contribution in [3.05, 3.63) is 34.9 Å². The smallest absolute Gasteiger partial charge is 0.0351 e. The highest BCUT2D eigenvalue weighted by molar-refractivity contribution is 5.44. The monoisotopic (exact) mass is 213 g/mol. The minimum atomic E-state index is 0.685. The third kappa shape index (κ3) is 1.27. The Kier molecular flexibility index (Phi) is 1.92. The molecular weight excluding hydrogens is 194 g/mol. The van der Waals surface area contributed by atoms with Gasteiger partial charge in [-0.3, -0.25) is 0 Å². The van der Waals surface area contributed by atoms with Gasteiger partial charge in [0.2, 0.25) is 0 Å². The maximum Gasteiger partial charge on any atom is 0.0351 e. The van der Waals surface area contributed by atoms with Crippen LogP contribution in [0.4, 0.5) is 0 Å². The highest BCUT2D eigenvalue weighted by Crippen LogP contribution is 2.47. The Hall–Kier alpha value is -0.820. The molecule has 2 aliphatic carbocycles. The molecule has 1 saturated carbocycles. The Morgan fingerprint density at radius 1 is 1.12 bits per heavy atom. The molecule has 1 nitrogen and oxygen atoms in total. The lowest BCUT2D eigenvalue weighted by Gasteiger charge is -2.37. The minimum Gasteiger partial charge on any atom is -0.309 e. The predicted octanol–water partition coefficient (Wildman–Crippen LogP) is 3.16. The topological polar surface area (TPSA) is 12.0 Å². The predicted molar refractivity (Wildman–Crippen MR) is 65.6 cm³/mol. The molecule has 1 heteroatoms. The van der Waals surface area contributed by atoms with Crippen LogP contribution >= 0.6 is 0 Å². The maximum atomic E-state index is 3.80. The molecule has 0 spiro atoms. The molecule has 0 amide bonds. The van der Waals surface area contributed by atoms with E-state index in [1.54, 1.807) is 16.7 Å². The average molecular weight is 213 g/mol. The van der Waals surface area contributed by atoms with Crippen LogP contribution in [-0.4, -0.2) is 6.54 Å². The van der Waals surface area contributed by atoms with Gasteiger partial charge >= 0.3 is 0 Å². The summed E-state index contributed by atoms with van der Waals surface area (Å²) >= 11 is 0. The number of hydrogen-bond acceptors (Lipinski definition) is 1. The Morgan fingerprint density at radius 3 is 2.94 bits per heavy atom. The highest BCUT2D eigenvalue weighted by atomic mass is 14.9. The van der Waals surface area contributed by atoms with Gasteiger partial charge < -0.3 is 5.32 Å². The van der Waals surface area contributed by atoms with E-state index < -0.39 is 0 Å².